The van der Waals surface area contributed by atoms with Crippen LogP contribution < -0.4 is 0 Å². The lowest BCUT2D eigenvalue weighted by molar-refractivity contribution is -0.128. The molecular formula is C8H16ClNO. The second kappa shape index (κ2) is 6.47. The van der Waals surface area contributed by atoms with E-state index in [4.69, 9.17) is 11.6 Å². The summed E-state index contributed by atoms with van der Waals surface area (Å²) < 4.78 is 0. The molecule has 66 valence electrons. The van der Waals surface area contributed by atoms with Crippen LogP contribution in [0.5, 0.6) is 0 Å². The number of alkyl halides is 1. The normalized spacial score (nSPS) is 9.73. The van der Waals surface area contributed by atoms with Crippen LogP contribution in [-0.4, -0.2) is 29.8 Å². The van der Waals surface area contributed by atoms with E-state index in [0.29, 0.717) is 12.4 Å². The zero-order chi connectivity index (χ0) is 8.69. The minimum Gasteiger partial charge on any atom is -0.342 e. The molecule has 0 aromatic heterocycles. The lowest BCUT2D eigenvalue weighted by atomic mass is 10.3. The Morgan fingerprint density at radius 1 is 1.45 bits per heavy atom. The zero-order valence-electron chi connectivity index (χ0n) is 7.27. The Morgan fingerprint density at radius 2 is 2.09 bits per heavy atom. The van der Waals surface area contributed by atoms with Gasteiger partial charge < -0.3 is 4.90 Å². The second-order valence-corrected chi connectivity index (χ2v) is 2.93. The minimum atomic E-state index is 0.124. The number of hydrogen-bond donors (Lipinski definition) is 0. The average Bonchev–Trinajstić information content (AvgIpc) is 1.97. The van der Waals surface area contributed by atoms with Crippen molar-refractivity contribution in [2.75, 3.05) is 19.0 Å². The molecule has 11 heavy (non-hydrogen) atoms. The molecule has 0 atom stereocenters. The van der Waals surface area contributed by atoms with E-state index in [0.717, 1.165) is 19.4 Å². The third kappa shape index (κ3) is 5.08. The highest BCUT2D eigenvalue weighted by atomic mass is 35.5. The summed E-state index contributed by atoms with van der Waals surface area (Å²) in [5.41, 5.74) is 0. The molecule has 0 fully saturated rings. The van der Waals surface area contributed by atoms with E-state index in [1.54, 1.807) is 11.8 Å². The van der Waals surface area contributed by atoms with E-state index < -0.39 is 0 Å². The molecule has 0 aromatic carbocycles. The summed E-state index contributed by atoms with van der Waals surface area (Å²) >= 11 is 5.53. The van der Waals surface area contributed by atoms with Gasteiger partial charge in [0.1, 0.15) is 0 Å². The maximum Gasteiger partial charge on any atom is 0.219 e. The molecular weight excluding hydrogens is 162 g/mol. The van der Waals surface area contributed by atoms with Crippen molar-refractivity contribution in [2.24, 2.45) is 0 Å². The minimum absolute atomic E-state index is 0.124. The van der Waals surface area contributed by atoms with E-state index in [9.17, 15) is 4.79 Å². The number of hydrogen-bond acceptors (Lipinski definition) is 1. The van der Waals surface area contributed by atoms with Crippen molar-refractivity contribution >= 4 is 17.5 Å². The van der Waals surface area contributed by atoms with Gasteiger partial charge in [-0.15, -0.1) is 11.6 Å². The number of unbranched alkanes of at least 4 members (excludes halogenated alkanes) is 1. The average molecular weight is 178 g/mol. The molecule has 0 unspecified atom stereocenters. The third-order valence-corrected chi connectivity index (χ3v) is 1.75. The van der Waals surface area contributed by atoms with E-state index in [-0.39, 0.29) is 5.91 Å². The molecule has 0 radical (unpaired) electrons. The van der Waals surface area contributed by atoms with Crippen molar-refractivity contribution in [1.29, 1.82) is 0 Å². The van der Waals surface area contributed by atoms with Crippen molar-refractivity contribution in [3.63, 3.8) is 0 Å². The Hall–Kier alpha value is -0.240. The van der Waals surface area contributed by atoms with Gasteiger partial charge in [0.2, 0.25) is 5.91 Å². The SMILES string of the molecule is CCCCN(CCCl)C(C)=O. The third-order valence-electron chi connectivity index (χ3n) is 1.58. The summed E-state index contributed by atoms with van der Waals surface area (Å²) in [5.74, 6) is 0.655. The highest BCUT2D eigenvalue weighted by Gasteiger charge is 2.05. The highest BCUT2D eigenvalue weighted by Crippen LogP contribution is 1.96. The molecule has 0 aliphatic carbocycles. The topological polar surface area (TPSA) is 20.3 Å². The van der Waals surface area contributed by atoms with Crippen LogP contribution in [-0.2, 0) is 4.79 Å². The molecule has 0 bridgehead atoms. The number of rotatable bonds is 5. The molecule has 2 nitrogen and oxygen atoms in total. The molecule has 0 saturated carbocycles. The maximum atomic E-state index is 10.9. The smallest absolute Gasteiger partial charge is 0.219 e. The van der Waals surface area contributed by atoms with Crippen LogP contribution in [0.1, 0.15) is 26.7 Å². The van der Waals surface area contributed by atoms with Crippen molar-refractivity contribution in [2.45, 2.75) is 26.7 Å². The van der Waals surface area contributed by atoms with Gasteiger partial charge in [0, 0.05) is 25.9 Å². The first-order chi connectivity index (χ1) is 5.22. The van der Waals surface area contributed by atoms with E-state index in [1.807, 2.05) is 0 Å². The molecule has 0 aliphatic rings. The number of carbonyl (C=O) groups excluding carboxylic acids is 1. The van der Waals surface area contributed by atoms with E-state index in [1.165, 1.54) is 0 Å². The maximum absolute atomic E-state index is 10.9. The Morgan fingerprint density at radius 3 is 2.45 bits per heavy atom. The largest absolute Gasteiger partial charge is 0.342 e. The van der Waals surface area contributed by atoms with Gasteiger partial charge >= 0.3 is 0 Å². The molecule has 0 aliphatic heterocycles. The Balaban J connectivity index is 3.60. The van der Waals surface area contributed by atoms with Crippen LogP contribution >= 0.6 is 11.6 Å². The predicted molar refractivity (Wildman–Crippen MR) is 47.9 cm³/mol. The van der Waals surface area contributed by atoms with Gasteiger partial charge in [-0.1, -0.05) is 13.3 Å². The molecule has 0 heterocycles. The fraction of sp³-hybridized carbons (Fsp3) is 0.875. The van der Waals surface area contributed by atoms with Crippen LogP contribution in [0, 0.1) is 0 Å². The first-order valence-corrected chi connectivity index (χ1v) is 4.57. The zero-order valence-corrected chi connectivity index (χ0v) is 8.02. The first kappa shape index (κ1) is 10.8. The van der Waals surface area contributed by atoms with Crippen LogP contribution in [0.4, 0.5) is 0 Å². The predicted octanol–water partition coefficient (Wildman–Crippen LogP) is 1.87. The molecule has 0 N–H and O–H groups in total. The highest BCUT2D eigenvalue weighted by molar-refractivity contribution is 6.18. The summed E-state index contributed by atoms with van der Waals surface area (Å²) in [6.07, 6.45) is 2.18. The Bertz CT molecular complexity index is 117. The van der Waals surface area contributed by atoms with Gasteiger partial charge in [0.15, 0.2) is 0 Å². The first-order valence-electron chi connectivity index (χ1n) is 4.03. The van der Waals surface area contributed by atoms with Crippen LogP contribution in [0.15, 0.2) is 0 Å². The Labute approximate surface area is 73.5 Å². The summed E-state index contributed by atoms with van der Waals surface area (Å²) in [6.45, 7) is 5.22. The monoisotopic (exact) mass is 177 g/mol. The van der Waals surface area contributed by atoms with Crippen molar-refractivity contribution in [3.05, 3.63) is 0 Å². The van der Waals surface area contributed by atoms with Gasteiger partial charge in [-0.25, -0.2) is 0 Å². The number of nitrogens with zero attached hydrogens (tertiary/aromatic N) is 1. The number of halogens is 1. The lowest BCUT2D eigenvalue weighted by Gasteiger charge is -2.18. The fourth-order valence-electron chi connectivity index (χ4n) is 0.878. The molecule has 0 aromatic rings. The van der Waals surface area contributed by atoms with Crippen LogP contribution in [0.25, 0.3) is 0 Å². The van der Waals surface area contributed by atoms with Crippen LogP contribution in [0.3, 0.4) is 0 Å². The van der Waals surface area contributed by atoms with Gasteiger partial charge in [0.25, 0.3) is 0 Å². The van der Waals surface area contributed by atoms with Gasteiger partial charge in [-0.05, 0) is 6.42 Å². The van der Waals surface area contributed by atoms with Gasteiger partial charge in [-0.3, -0.25) is 4.79 Å². The summed E-state index contributed by atoms with van der Waals surface area (Å²) in [5, 5.41) is 0. The van der Waals surface area contributed by atoms with Crippen molar-refractivity contribution in [1.82, 2.24) is 4.90 Å². The molecule has 1 amide bonds. The second-order valence-electron chi connectivity index (χ2n) is 2.55. The van der Waals surface area contributed by atoms with E-state index >= 15 is 0 Å². The fourth-order valence-corrected chi connectivity index (χ4v) is 1.08. The molecule has 0 spiro atoms. The quantitative estimate of drug-likeness (QED) is 0.588. The van der Waals surface area contributed by atoms with Gasteiger partial charge in [-0.2, -0.15) is 0 Å². The standard InChI is InChI=1S/C8H16ClNO/c1-3-4-6-10(7-5-9)8(2)11/h3-7H2,1-2H3. The van der Waals surface area contributed by atoms with Crippen molar-refractivity contribution in [3.8, 4) is 0 Å². The molecule has 0 rings (SSSR count). The Kier molecular flexibility index (Phi) is 6.33. The summed E-state index contributed by atoms with van der Waals surface area (Å²) in [4.78, 5) is 12.7. The van der Waals surface area contributed by atoms with Crippen molar-refractivity contribution < 1.29 is 4.79 Å². The molecule has 3 heteroatoms. The number of carbonyl (C=O) groups is 1. The summed E-state index contributed by atoms with van der Waals surface area (Å²) in [6, 6.07) is 0. The summed E-state index contributed by atoms with van der Waals surface area (Å²) in [7, 11) is 0. The van der Waals surface area contributed by atoms with Crippen LogP contribution in [0.2, 0.25) is 0 Å². The lowest BCUT2D eigenvalue weighted by Crippen LogP contribution is -2.31. The van der Waals surface area contributed by atoms with Gasteiger partial charge in [0.05, 0.1) is 0 Å². The number of amides is 1. The van der Waals surface area contributed by atoms with E-state index in [2.05, 4.69) is 6.92 Å². The molecule has 0 saturated heterocycles.